The van der Waals surface area contributed by atoms with Gasteiger partial charge in [0, 0.05) is 36.5 Å². The van der Waals surface area contributed by atoms with Crippen molar-refractivity contribution in [2.45, 2.75) is 19.3 Å². The Morgan fingerprint density at radius 2 is 2.15 bits per heavy atom. The molecule has 0 saturated heterocycles. The Kier molecular flexibility index (Phi) is 5.46. The maximum atomic E-state index is 12.9. The van der Waals surface area contributed by atoms with E-state index in [2.05, 4.69) is 9.98 Å². The molecular formula is C21H23N3O2. The Hall–Kier alpha value is -2.95. The highest BCUT2D eigenvalue weighted by atomic mass is 16.5. The highest BCUT2D eigenvalue weighted by molar-refractivity contribution is 6.03. The van der Waals surface area contributed by atoms with Crippen LogP contribution in [0.25, 0.3) is 11.3 Å². The van der Waals surface area contributed by atoms with Crippen LogP contribution >= 0.6 is 0 Å². The van der Waals surface area contributed by atoms with E-state index in [1.807, 2.05) is 30.3 Å². The Morgan fingerprint density at radius 1 is 1.35 bits per heavy atom. The van der Waals surface area contributed by atoms with E-state index in [9.17, 15) is 4.79 Å². The summed E-state index contributed by atoms with van der Waals surface area (Å²) in [5.41, 5.74) is 10.1. The van der Waals surface area contributed by atoms with Gasteiger partial charge >= 0.3 is 0 Å². The van der Waals surface area contributed by atoms with Gasteiger partial charge in [-0.15, -0.1) is 0 Å². The number of ketones is 1. The Bertz CT molecular complexity index is 871. The molecule has 1 heterocycles. The second-order valence-corrected chi connectivity index (χ2v) is 6.32. The predicted molar refractivity (Wildman–Crippen MR) is 104 cm³/mol. The summed E-state index contributed by atoms with van der Waals surface area (Å²) in [4.78, 5) is 21.4. The average Bonchev–Trinajstić information content (AvgIpc) is 3.01. The van der Waals surface area contributed by atoms with E-state index in [0.29, 0.717) is 6.42 Å². The lowest BCUT2D eigenvalue weighted by Gasteiger charge is -2.11. The van der Waals surface area contributed by atoms with Crippen LogP contribution < -0.4 is 10.5 Å². The molecule has 26 heavy (non-hydrogen) atoms. The maximum absolute atomic E-state index is 12.9. The predicted octanol–water partition coefficient (Wildman–Crippen LogP) is 3.44. The molecule has 1 aliphatic carbocycles. The van der Waals surface area contributed by atoms with Crippen LogP contribution in [0.1, 0.15) is 28.8 Å². The molecule has 0 saturated carbocycles. The van der Waals surface area contributed by atoms with Crippen LogP contribution in [0.15, 0.2) is 53.3 Å². The number of benzene rings is 1. The minimum Gasteiger partial charge on any atom is -0.496 e. The van der Waals surface area contributed by atoms with E-state index in [-0.39, 0.29) is 11.7 Å². The topological polar surface area (TPSA) is 77.6 Å². The molecule has 0 aliphatic heterocycles. The summed E-state index contributed by atoms with van der Waals surface area (Å²) in [6.07, 6.45) is 7.17. The zero-order valence-electron chi connectivity index (χ0n) is 15.1. The number of rotatable bonds is 6. The van der Waals surface area contributed by atoms with E-state index in [1.54, 1.807) is 32.8 Å². The Morgan fingerprint density at radius 3 is 2.88 bits per heavy atom. The van der Waals surface area contributed by atoms with E-state index in [0.717, 1.165) is 46.5 Å². The highest BCUT2D eigenvalue weighted by Crippen LogP contribution is 2.38. The fourth-order valence-corrected chi connectivity index (χ4v) is 3.49. The zero-order valence-corrected chi connectivity index (χ0v) is 15.1. The monoisotopic (exact) mass is 349 g/mol. The zero-order chi connectivity index (χ0) is 18.5. The molecular weight excluding hydrogens is 326 g/mol. The van der Waals surface area contributed by atoms with Crippen molar-refractivity contribution >= 4 is 12.0 Å². The van der Waals surface area contributed by atoms with Crippen molar-refractivity contribution in [3.8, 4) is 17.0 Å². The summed E-state index contributed by atoms with van der Waals surface area (Å²) in [7, 11) is 3.36. The van der Waals surface area contributed by atoms with Crippen LogP contribution in [-0.4, -0.2) is 31.1 Å². The van der Waals surface area contributed by atoms with Crippen molar-refractivity contribution in [3.63, 3.8) is 0 Å². The van der Waals surface area contributed by atoms with E-state index < -0.39 is 0 Å². The van der Waals surface area contributed by atoms with E-state index >= 15 is 0 Å². The molecule has 0 bridgehead atoms. The molecule has 5 heteroatoms. The smallest absolute Gasteiger partial charge is 0.166 e. The Balaban J connectivity index is 1.89. The molecule has 1 atom stereocenters. The first-order valence-corrected chi connectivity index (χ1v) is 8.68. The number of methoxy groups -OCH3 is 1. The molecule has 2 N–H and O–H groups in total. The molecule has 134 valence electrons. The number of para-hydroxylation sites is 1. The number of nitrogens with zero attached hydrogens (tertiary/aromatic N) is 2. The minimum absolute atomic E-state index is 0.0529. The van der Waals surface area contributed by atoms with Crippen molar-refractivity contribution in [1.82, 2.24) is 4.98 Å². The lowest BCUT2D eigenvalue weighted by atomic mass is 9.96. The third-order valence-corrected chi connectivity index (χ3v) is 4.80. The molecule has 0 radical (unpaired) electrons. The number of Topliss-reactive ketones (excluding diaryl/α,β-unsaturated/α-hetero) is 1. The van der Waals surface area contributed by atoms with E-state index in [4.69, 9.17) is 10.5 Å². The number of aromatic nitrogens is 1. The lowest BCUT2D eigenvalue weighted by molar-refractivity contribution is 0.0931. The van der Waals surface area contributed by atoms with Gasteiger partial charge in [0.25, 0.3) is 0 Å². The van der Waals surface area contributed by atoms with Gasteiger partial charge in [0.1, 0.15) is 5.75 Å². The van der Waals surface area contributed by atoms with Crippen molar-refractivity contribution in [2.24, 2.45) is 16.6 Å². The number of hydrogen-bond acceptors (Lipinski definition) is 5. The second kappa shape index (κ2) is 7.95. The normalized spacial score (nSPS) is 16.9. The summed E-state index contributed by atoms with van der Waals surface area (Å²) in [5, 5.41) is 0. The number of aliphatic imine (C=N–C) groups is 1. The molecule has 3 rings (SSSR count). The number of allylic oxidation sites excluding steroid dienone is 1. The number of pyridine rings is 1. The van der Waals surface area contributed by atoms with Crippen molar-refractivity contribution in [3.05, 3.63) is 59.4 Å². The number of carbonyl (C=O) groups is 1. The first kappa shape index (κ1) is 17.9. The van der Waals surface area contributed by atoms with Gasteiger partial charge < -0.3 is 10.5 Å². The first-order chi connectivity index (χ1) is 12.7. The molecule has 5 nitrogen and oxygen atoms in total. The van der Waals surface area contributed by atoms with Gasteiger partial charge in [-0.1, -0.05) is 12.1 Å². The molecule has 2 aromatic rings. The number of fused-ring (bicyclic) bond motifs is 1. The van der Waals surface area contributed by atoms with Crippen LogP contribution in [0.2, 0.25) is 0 Å². The quantitative estimate of drug-likeness (QED) is 0.811. The molecule has 0 fully saturated rings. The second-order valence-electron chi connectivity index (χ2n) is 6.32. The summed E-state index contributed by atoms with van der Waals surface area (Å²) >= 11 is 0. The average molecular weight is 349 g/mol. The third kappa shape index (κ3) is 3.38. The number of hydrogen-bond donors (Lipinski definition) is 1. The molecule has 0 amide bonds. The van der Waals surface area contributed by atoms with Gasteiger partial charge in [-0.25, -0.2) is 0 Å². The minimum atomic E-state index is -0.0529. The van der Waals surface area contributed by atoms with Crippen molar-refractivity contribution in [2.75, 3.05) is 14.2 Å². The number of ether oxygens (including phenoxy) is 1. The lowest BCUT2D eigenvalue weighted by Crippen LogP contribution is -2.09. The highest BCUT2D eigenvalue weighted by Gasteiger charge is 2.33. The third-order valence-electron chi connectivity index (χ3n) is 4.80. The fourth-order valence-electron chi connectivity index (χ4n) is 3.49. The summed E-state index contributed by atoms with van der Waals surface area (Å²) in [5.74, 6) is 0.892. The van der Waals surface area contributed by atoms with Gasteiger partial charge in [-0.3, -0.25) is 14.8 Å². The molecule has 0 spiro atoms. The summed E-state index contributed by atoms with van der Waals surface area (Å²) < 4.78 is 5.47. The number of nitrogens with two attached hydrogens (primary N) is 1. The van der Waals surface area contributed by atoms with Crippen LogP contribution in [-0.2, 0) is 6.42 Å². The van der Waals surface area contributed by atoms with Crippen LogP contribution in [0, 0.1) is 5.92 Å². The number of carbonyl (C=O) groups excluding carboxylic acids is 1. The summed E-state index contributed by atoms with van der Waals surface area (Å²) in [6, 6.07) is 9.59. The Labute approximate surface area is 153 Å². The van der Waals surface area contributed by atoms with Gasteiger partial charge in [0.05, 0.1) is 12.8 Å². The molecule has 1 aromatic heterocycles. The molecule has 1 aromatic carbocycles. The first-order valence-electron chi connectivity index (χ1n) is 8.68. The van der Waals surface area contributed by atoms with Crippen LogP contribution in [0.3, 0.4) is 0 Å². The van der Waals surface area contributed by atoms with Gasteiger partial charge in [-0.2, -0.15) is 0 Å². The van der Waals surface area contributed by atoms with Crippen molar-refractivity contribution < 1.29 is 9.53 Å². The molecule has 1 unspecified atom stereocenters. The SMILES string of the molecule is CN=CC(=CN)CCC1Cc2c(ccnc2-c2ccccc2OC)C1=O. The van der Waals surface area contributed by atoms with Crippen LogP contribution in [0.5, 0.6) is 5.75 Å². The van der Waals surface area contributed by atoms with Gasteiger partial charge in [-0.05, 0) is 54.8 Å². The van der Waals surface area contributed by atoms with Crippen LogP contribution in [0.4, 0.5) is 0 Å². The standard InChI is InChI=1S/C21H23N3O2/c1-23-13-14(12-22)7-8-15-11-18-16(21(15)25)9-10-24-20(18)17-5-3-4-6-19(17)26-2/h3-6,9-10,12-13,15H,7-8,11,22H2,1-2H3. The van der Waals surface area contributed by atoms with Gasteiger partial charge in [0.2, 0.25) is 0 Å². The summed E-state index contributed by atoms with van der Waals surface area (Å²) in [6.45, 7) is 0. The van der Waals surface area contributed by atoms with Crippen molar-refractivity contribution in [1.29, 1.82) is 0 Å². The van der Waals surface area contributed by atoms with E-state index in [1.165, 1.54) is 0 Å². The van der Waals surface area contributed by atoms with Gasteiger partial charge in [0.15, 0.2) is 5.78 Å². The maximum Gasteiger partial charge on any atom is 0.166 e. The fraction of sp³-hybridized carbons (Fsp3) is 0.286. The molecule has 1 aliphatic rings. The largest absolute Gasteiger partial charge is 0.496 e.